The zero-order chi connectivity index (χ0) is 17.7. The SMILES string of the molecule is COc1ccc(C(C(=O)O)N2CCN(C(=O)CC(C)C)CC2)cc1. The number of carbonyl (C=O) groups excluding carboxylic acids is 1. The van der Waals surface area contributed by atoms with E-state index >= 15 is 0 Å². The summed E-state index contributed by atoms with van der Waals surface area (Å²) in [6, 6.07) is 6.42. The number of methoxy groups -OCH3 is 1. The number of aliphatic carboxylic acids is 1. The van der Waals surface area contributed by atoms with E-state index in [2.05, 4.69) is 0 Å². The Morgan fingerprint density at radius 3 is 2.17 bits per heavy atom. The Kier molecular flexibility index (Phi) is 6.20. The third-order valence-corrected chi connectivity index (χ3v) is 4.28. The van der Waals surface area contributed by atoms with E-state index in [0.717, 1.165) is 5.56 Å². The monoisotopic (exact) mass is 334 g/mol. The quantitative estimate of drug-likeness (QED) is 0.862. The Hall–Kier alpha value is -2.08. The summed E-state index contributed by atoms with van der Waals surface area (Å²) in [4.78, 5) is 27.7. The van der Waals surface area contributed by atoms with Crippen molar-refractivity contribution < 1.29 is 19.4 Å². The van der Waals surface area contributed by atoms with Crippen LogP contribution in [0, 0.1) is 5.92 Å². The van der Waals surface area contributed by atoms with Gasteiger partial charge in [0, 0.05) is 32.6 Å². The predicted molar refractivity (Wildman–Crippen MR) is 91.0 cm³/mol. The highest BCUT2D eigenvalue weighted by molar-refractivity contribution is 5.77. The number of hydrogen-bond acceptors (Lipinski definition) is 4. The Bertz CT molecular complexity index is 563. The van der Waals surface area contributed by atoms with Crippen LogP contribution in [0.1, 0.15) is 31.9 Å². The summed E-state index contributed by atoms with van der Waals surface area (Å²) in [6.45, 7) is 6.33. The first kappa shape index (κ1) is 18.3. The summed E-state index contributed by atoms with van der Waals surface area (Å²) in [6.07, 6.45) is 0.542. The highest BCUT2D eigenvalue weighted by Gasteiger charge is 2.31. The standard InChI is InChI=1S/C18H26N2O4/c1-13(2)12-16(21)19-8-10-20(11-9-19)17(18(22)23)14-4-6-15(24-3)7-5-14/h4-7,13,17H,8-12H2,1-3H3,(H,22,23). The maximum absolute atomic E-state index is 12.1. The van der Waals surface area contributed by atoms with Gasteiger partial charge in [-0.3, -0.25) is 14.5 Å². The van der Waals surface area contributed by atoms with E-state index in [-0.39, 0.29) is 5.91 Å². The van der Waals surface area contributed by atoms with E-state index in [0.29, 0.717) is 44.3 Å². The summed E-state index contributed by atoms with van der Waals surface area (Å²) >= 11 is 0. The van der Waals surface area contributed by atoms with E-state index in [4.69, 9.17) is 4.74 Å². The van der Waals surface area contributed by atoms with Gasteiger partial charge in [0.1, 0.15) is 11.8 Å². The molecule has 1 aliphatic heterocycles. The van der Waals surface area contributed by atoms with Crippen molar-refractivity contribution in [3.8, 4) is 5.75 Å². The lowest BCUT2D eigenvalue weighted by molar-refractivity contribution is -0.145. The van der Waals surface area contributed by atoms with Gasteiger partial charge in [-0.1, -0.05) is 26.0 Å². The molecule has 0 spiro atoms. The smallest absolute Gasteiger partial charge is 0.325 e. The predicted octanol–water partition coefficient (Wildman–Crippen LogP) is 2.01. The van der Waals surface area contributed by atoms with Crippen molar-refractivity contribution in [3.05, 3.63) is 29.8 Å². The van der Waals surface area contributed by atoms with Gasteiger partial charge in [0.2, 0.25) is 5.91 Å². The number of carboxylic acid groups (broad SMARTS) is 1. The molecule has 0 radical (unpaired) electrons. The molecule has 1 unspecified atom stereocenters. The van der Waals surface area contributed by atoms with Crippen LogP contribution in [0.15, 0.2) is 24.3 Å². The maximum atomic E-state index is 12.1. The molecular formula is C18H26N2O4. The van der Waals surface area contributed by atoms with Crippen LogP contribution in [0.4, 0.5) is 0 Å². The van der Waals surface area contributed by atoms with Crippen molar-refractivity contribution in [2.75, 3.05) is 33.3 Å². The van der Waals surface area contributed by atoms with Gasteiger partial charge in [0.25, 0.3) is 0 Å². The minimum Gasteiger partial charge on any atom is -0.497 e. The van der Waals surface area contributed by atoms with Crippen molar-refractivity contribution in [2.45, 2.75) is 26.3 Å². The van der Waals surface area contributed by atoms with E-state index in [1.165, 1.54) is 0 Å². The molecule has 0 aromatic heterocycles. The van der Waals surface area contributed by atoms with Crippen LogP contribution in [0.25, 0.3) is 0 Å². The fraction of sp³-hybridized carbons (Fsp3) is 0.556. The molecule has 0 saturated carbocycles. The lowest BCUT2D eigenvalue weighted by Crippen LogP contribution is -2.51. The summed E-state index contributed by atoms with van der Waals surface area (Å²) in [5.41, 5.74) is 0.727. The molecule has 132 valence electrons. The maximum Gasteiger partial charge on any atom is 0.325 e. The van der Waals surface area contributed by atoms with Gasteiger partial charge >= 0.3 is 5.97 Å². The van der Waals surface area contributed by atoms with Crippen molar-refractivity contribution >= 4 is 11.9 Å². The highest BCUT2D eigenvalue weighted by Crippen LogP contribution is 2.25. The van der Waals surface area contributed by atoms with Gasteiger partial charge in [-0.25, -0.2) is 0 Å². The van der Waals surface area contributed by atoms with Crippen LogP contribution in [0.3, 0.4) is 0 Å². The van der Waals surface area contributed by atoms with Gasteiger partial charge < -0.3 is 14.7 Å². The molecule has 1 atom stereocenters. The third kappa shape index (κ3) is 4.47. The minimum absolute atomic E-state index is 0.154. The lowest BCUT2D eigenvalue weighted by atomic mass is 10.0. The fourth-order valence-electron chi connectivity index (χ4n) is 3.00. The normalized spacial score (nSPS) is 16.9. The average Bonchev–Trinajstić information content (AvgIpc) is 2.55. The molecule has 0 aliphatic carbocycles. The molecular weight excluding hydrogens is 308 g/mol. The van der Waals surface area contributed by atoms with Gasteiger partial charge in [-0.05, 0) is 23.6 Å². The average molecular weight is 334 g/mol. The molecule has 1 saturated heterocycles. The Labute approximate surface area is 143 Å². The van der Waals surface area contributed by atoms with Crippen molar-refractivity contribution in [3.63, 3.8) is 0 Å². The largest absolute Gasteiger partial charge is 0.497 e. The molecule has 1 amide bonds. The first-order valence-electron chi connectivity index (χ1n) is 8.31. The number of carboxylic acids is 1. The second-order valence-electron chi connectivity index (χ2n) is 6.53. The van der Waals surface area contributed by atoms with E-state index < -0.39 is 12.0 Å². The van der Waals surface area contributed by atoms with Crippen LogP contribution < -0.4 is 4.74 Å². The molecule has 24 heavy (non-hydrogen) atoms. The summed E-state index contributed by atoms with van der Waals surface area (Å²) in [5.74, 6) is 0.316. The zero-order valence-electron chi connectivity index (χ0n) is 14.6. The van der Waals surface area contributed by atoms with E-state index in [1.807, 2.05) is 23.6 Å². The summed E-state index contributed by atoms with van der Waals surface area (Å²) in [7, 11) is 1.58. The number of carbonyl (C=O) groups is 2. The molecule has 1 fully saturated rings. The van der Waals surface area contributed by atoms with Crippen LogP contribution >= 0.6 is 0 Å². The van der Waals surface area contributed by atoms with E-state index in [9.17, 15) is 14.7 Å². The first-order valence-corrected chi connectivity index (χ1v) is 8.31. The fourth-order valence-corrected chi connectivity index (χ4v) is 3.00. The number of hydrogen-bond donors (Lipinski definition) is 1. The highest BCUT2D eigenvalue weighted by atomic mass is 16.5. The van der Waals surface area contributed by atoms with Gasteiger partial charge in [0.15, 0.2) is 0 Å². The number of nitrogens with zero attached hydrogens (tertiary/aromatic N) is 2. The lowest BCUT2D eigenvalue weighted by Gasteiger charge is -2.38. The van der Waals surface area contributed by atoms with Crippen LogP contribution in [0.2, 0.25) is 0 Å². The molecule has 2 rings (SSSR count). The molecule has 1 N–H and O–H groups in total. The van der Waals surface area contributed by atoms with Crippen LogP contribution in [-0.4, -0.2) is 60.1 Å². The second kappa shape index (κ2) is 8.15. The minimum atomic E-state index is -0.873. The second-order valence-corrected chi connectivity index (χ2v) is 6.53. The summed E-state index contributed by atoms with van der Waals surface area (Å²) in [5, 5.41) is 9.65. The van der Waals surface area contributed by atoms with Crippen molar-refractivity contribution in [1.82, 2.24) is 9.80 Å². The van der Waals surface area contributed by atoms with Crippen LogP contribution in [-0.2, 0) is 9.59 Å². The third-order valence-electron chi connectivity index (χ3n) is 4.28. The molecule has 1 aliphatic rings. The zero-order valence-corrected chi connectivity index (χ0v) is 14.6. The summed E-state index contributed by atoms with van der Waals surface area (Å²) < 4.78 is 5.12. The number of piperazine rings is 1. The van der Waals surface area contributed by atoms with Gasteiger partial charge in [0.05, 0.1) is 7.11 Å². The van der Waals surface area contributed by atoms with Gasteiger partial charge in [-0.15, -0.1) is 0 Å². The number of amides is 1. The van der Waals surface area contributed by atoms with Crippen molar-refractivity contribution in [1.29, 1.82) is 0 Å². The number of benzene rings is 1. The molecule has 1 aromatic rings. The van der Waals surface area contributed by atoms with Crippen LogP contribution in [0.5, 0.6) is 5.75 Å². The number of ether oxygens (including phenoxy) is 1. The van der Waals surface area contributed by atoms with Gasteiger partial charge in [-0.2, -0.15) is 0 Å². The topological polar surface area (TPSA) is 70.1 Å². The first-order chi connectivity index (χ1) is 11.4. The molecule has 1 aromatic carbocycles. The Morgan fingerprint density at radius 2 is 1.71 bits per heavy atom. The van der Waals surface area contributed by atoms with Crippen molar-refractivity contribution in [2.24, 2.45) is 5.92 Å². The molecule has 6 heteroatoms. The Balaban J connectivity index is 2.03. The molecule has 6 nitrogen and oxygen atoms in total. The Morgan fingerprint density at radius 1 is 1.12 bits per heavy atom. The molecule has 0 bridgehead atoms. The number of rotatable bonds is 6. The van der Waals surface area contributed by atoms with E-state index in [1.54, 1.807) is 31.4 Å². The molecule has 1 heterocycles.